The highest BCUT2D eigenvalue weighted by molar-refractivity contribution is 7.88. The topological polar surface area (TPSA) is 236 Å². The molecule has 0 spiro atoms. The fraction of sp³-hybridized carbons (Fsp3) is 0.250. The minimum atomic E-state index is -6.09. The predicted octanol–water partition coefficient (Wildman–Crippen LogP) is -1.60. The van der Waals surface area contributed by atoms with Crippen molar-refractivity contribution >= 4 is 40.7 Å². The summed E-state index contributed by atoms with van der Waals surface area (Å²) in [4.78, 5) is 7.37. The van der Waals surface area contributed by atoms with Crippen LogP contribution in [0.25, 0.3) is 0 Å². The third-order valence-electron chi connectivity index (χ3n) is 4.08. The number of hydrogen-bond acceptors (Lipinski definition) is 12. The van der Waals surface area contributed by atoms with Crippen LogP contribution in [0.4, 0.5) is 26.3 Å². The molecular formula is C16H18F6N8O10S4. The van der Waals surface area contributed by atoms with E-state index in [1.165, 1.54) is 62.5 Å². The molecule has 0 aliphatic rings. The Hall–Kier alpha value is -3.86. The second-order valence-electron chi connectivity index (χ2n) is 7.42. The van der Waals surface area contributed by atoms with E-state index < -0.39 is 51.7 Å². The number of alkyl halides is 6. The Kier molecular flexibility index (Phi) is 12.0. The molecule has 4 heterocycles. The highest BCUT2D eigenvalue weighted by Crippen LogP contribution is 2.21. The maximum absolute atomic E-state index is 11.8. The normalized spacial score (nSPS) is 12.6. The molecule has 4 aromatic rings. The van der Waals surface area contributed by atoms with Gasteiger partial charge in [0.15, 0.2) is 20.2 Å². The molecule has 0 unspecified atom stereocenters. The van der Waals surface area contributed by atoms with Gasteiger partial charge in [-0.05, 0) is 0 Å². The summed E-state index contributed by atoms with van der Waals surface area (Å²) in [5, 5.41) is 0. The second-order valence-corrected chi connectivity index (χ2v) is 13.6. The number of hydrogen-bond donors (Lipinski definition) is 0. The molecule has 0 saturated heterocycles. The Balaban J connectivity index is 0.000000306. The third kappa shape index (κ3) is 10.7. The van der Waals surface area contributed by atoms with Crippen molar-refractivity contribution in [1.82, 2.24) is 25.9 Å². The van der Waals surface area contributed by atoms with E-state index in [1.54, 1.807) is 35.6 Å². The highest BCUT2D eigenvalue weighted by atomic mass is 32.2. The van der Waals surface area contributed by atoms with Crippen molar-refractivity contribution in [3.05, 3.63) is 74.9 Å². The monoisotopic (exact) mass is 724 g/mol. The Bertz CT molecular complexity index is 1790. The third-order valence-corrected chi connectivity index (χ3v) is 8.21. The van der Waals surface area contributed by atoms with Gasteiger partial charge in [-0.3, -0.25) is 0 Å². The Morgan fingerprint density at radius 3 is 1.00 bits per heavy atom. The maximum atomic E-state index is 11.8. The summed E-state index contributed by atoms with van der Waals surface area (Å²) in [5.41, 5.74) is -11.3. The molecule has 4 rings (SSSR count). The van der Waals surface area contributed by atoms with Gasteiger partial charge in [-0.2, -0.15) is 51.1 Å². The van der Waals surface area contributed by atoms with Crippen LogP contribution in [0.15, 0.2) is 74.9 Å². The molecule has 0 saturated carbocycles. The highest BCUT2D eigenvalue weighted by Gasteiger charge is 2.37. The molecule has 0 atom stereocenters. The predicted molar refractivity (Wildman–Crippen MR) is 127 cm³/mol. The summed E-state index contributed by atoms with van der Waals surface area (Å²) in [6.45, 7) is 0. The Labute approximate surface area is 244 Å². The summed E-state index contributed by atoms with van der Waals surface area (Å²) in [6.07, 6.45) is 17.3. The van der Waals surface area contributed by atoms with E-state index in [4.69, 9.17) is 25.9 Å². The van der Waals surface area contributed by atoms with Gasteiger partial charge in [0.05, 0.1) is 14.1 Å². The van der Waals surface area contributed by atoms with Crippen LogP contribution in [0.1, 0.15) is 0 Å². The van der Waals surface area contributed by atoms with Crippen molar-refractivity contribution in [1.29, 1.82) is 0 Å². The van der Waals surface area contributed by atoms with Crippen LogP contribution in [0, 0.1) is 0 Å². The lowest BCUT2D eigenvalue weighted by Crippen LogP contribution is -2.26. The minimum absolute atomic E-state index is 1.05. The van der Waals surface area contributed by atoms with Crippen LogP contribution in [-0.2, 0) is 54.8 Å². The van der Waals surface area contributed by atoms with Gasteiger partial charge in [-0.25, -0.2) is 35.9 Å². The molecule has 4 aromatic heterocycles. The molecule has 0 fully saturated rings. The number of aromatic nitrogens is 8. The lowest BCUT2D eigenvalue weighted by molar-refractivity contribution is -0.670. The molecule has 44 heavy (non-hydrogen) atoms. The van der Waals surface area contributed by atoms with Gasteiger partial charge in [-0.15, -0.1) is 7.94 Å². The van der Waals surface area contributed by atoms with Crippen LogP contribution in [0.5, 0.6) is 0 Å². The molecular weight excluding hydrogens is 706 g/mol. The molecule has 248 valence electrons. The first-order valence-electron chi connectivity index (χ1n) is 10.3. The van der Waals surface area contributed by atoms with Gasteiger partial charge in [0.2, 0.25) is 0 Å². The van der Waals surface area contributed by atoms with Gasteiger partial charge in [0.25, 0.3) is 12.7 Å². The molecule has 0 aliphatic heterocycles. The summed E-state index contributed by atoms with van der Waals surface area (Å²) in [6, 6.07) is 0. The molecule has 0 amide bonds. The minimum Gasteiger partial charge on any atom is -0.741 e. The van der Waals surface area contributed by atoms with E-state index >= 15 is 0 Å². The fourth-order valence-electron chi connectivity index (χ4n) is 2.11. The molecule has 0 radical (unpaired) electrons. The average molecular weight is 725 g/mol. The van der Waals surface area contributed by atoms with Crippen molar-refractivity contribution in [2.24, 2.45) is 14.1 Å². The van der Waals surface area contributed by atoms with Gasteiger partial charge in [0, 0.05) is 24.8 Å². The van der Waals surface area contributed by atoms with Gasteiger partial charge < -0.3 is 9.11 Å². The standard InChI is InChI=1S/2C7H9N4O2S.2CHF3O3S/c2*1-9-4-5-11(7-9)14(12,13)10-3-2-8-6-10;2*2-1(3,4)8(5,6)7/h2*2-7H,1H3;2*(H,5,6,7)/q2*+1;;/p-2. The fourth-order valence-corrected chi connectivity index (χ4v) is 4.26. The maximum Gasteiger partial charge on any atom is 0.485 e. The Morgan fingerprint density at radius 2 is 0.841 bits per heavy atom. The van der Waals surface area contributed by atoms with Crippen LogP contribution < -0.4 is 9.13 Å². The summed E-state index contributed by atoms with van der Waals surface area (Å²) in [5.74, 6) is 0. The first-order chi connectivity index (χ1) is 19.7. The van der Waals surface area contributed by atoms with Crippen molar-refractivity contribution in [3.63, 3.8) is 0 Å². The SMILES string of the molecule is C[n+]1ccn(S(=O)(=O)n2ccnc2)c1.C[n+]1ccn(S(=O)(=O)n2ccnc2)c1.O=S(=O)([O-])C(F)(F)F.O=S(=O)([O-])C(F)(F)F. The largest absolute Gasteiger partial charge is 0.741 e. The zero-order valence-electron chi connectivity index (χ0n) is 21.5. The molecule has 0 bridgehead atoms. The number of rotatable bonds is 4. The zero-order valence-corrected chi connectivity index (χ0v) is 24.8. The van der Waals surface area contributed by atoms with Crippen LogP contribution in [0.2, 0.25) is 0 Å². The van der Waals surface area contributed by atoms with Crippen molar-refractivity contribution in [3.8, 4) is 0 Å². The molecule has 28 heteroatoms. The zero-order chi connectivity index (χ0) is 34.4. The molecule has 18 nitrogen and oxygen atoms in total. The van der Waals surface area contributed by atoms with Crippen LogP contribution in [-0.4, -0.2) is 79.7 Å². The van der Waals surface area contributed by atoms with E-state index in [0.717, 1.165) is 15.9 Å². The molecule has 0 N–H and O–H groups in total. The van der Waals surface area contributed by atoms with Gasteiger partial charge >= 0.3 is 31.4 Å². The summed E-state index contributed by atoms with van der Waals surface area (Å²) < 4.78 is 173. The number of imidazole rings is 4. The first-order valence-corrected chi connectivity index (χ1v) is 15.9. The van der Waals surface area contributed by atoms with Crippen LogP contribution >= 0.6 is 0 Å². The smallest absolute Gasteiger partial charge is 0.485 e. The van der Waals surface area contributed by atoms with E-state index in [-0.39, 0.29) is 0 Å². The Morgan fingerprint density at radius 1 is 0.568 bits per heavy atom. The molecule has 0 aromatic carbocycles. The summed E-state index contributed by atoms with van der Waals surface area (Å²) >= 11 is 0. The quantitative estimate of drug-likeness (QED) is 0.100. The number of halogens is 6. The van der Waals surface area contributed by atoms with Crippen molar-refractivity contribution in [2.75, 3.05) is 0 Å². The van der Waals surface area contributed by atoms with Crippen molar-refractivity contribution < 1.29 is 78.3 Å². The molecule has 0 aliphatic carbocycles. The van der Waals surface area contributed by atoms with Crippen LogP contribution in [0.3, 0.4) is 0 Å². The average Bonchev–Trinajstić information content (AvgIpc) is 3.65. The van der Waals surface area contributed by atoms with E-state index in [2.05, 4.69) is 9.97 Å². The lowest BCUT2D eigenvalue weighted by Gasteiger charge is -2.08. The number of aryl methyl sites for hydroxylation is 2. The first kappa shape index (κ1) is 38.2. The lowest BCUT2D eigenvalue weighted by atomic mass is 10.9. The number of nitrogens with zero attached hydrogens (tertiary/aromatic N) is 8. The van der Waals surface area contributed by atoms with Gasteiger partial charge in [0.1, 0.15) is 37.4 Å². The van der Waals surface area contributed by atoms with Gasteiger partial charge in [-0.1, -0.05) is 0 Å². The van der Waals surface area contributed by atoms with Crippen molar-refractivity contribution in [2.45, 2.75) is 11.0 Å². The van der Waals surface area contributed by atoms with E-state index in [9.17, 15) is 43.2 Å². The summed E-state index contributed by atoms with van der Waals surface area (Å²) in [7, 11) is -15.7. The van der Waals surface area contributed by atoms with E-state index in [1.807, 2.05) is 0 Å². The van der Waals surface area contributed by atoms with E-state index in [0.29, 0.717) is 0 Å². The second kappa shape index (κ2) is 13.8.